The van der Waals surface area contributed by atoms with Crippen LogP contribution < -0.4 is 0 Å². The van der Waals surface area contributed by atoms with E-state index >= 15 is 0 Å². The number of hydrogen-bond acceptors (Lipinski definition) is 0. The van der Waals surface area contributed by atoms with E-state index < -0.39 is 0 Å². The van der Waals surface area contributed by atoms with Gasteiger partial charge in [-0.3, -0.25) is 0 Å². The smallest absolute Gasteiger partial charge is 0.00669 e. The summed E-state index contributed by atoms with van der Waals surface area (Å²) >= 11 is 0. The minimum atomic E-state index is 0.990. The average molecular weight is 216 g/mol. The Morgan fingerprint density at radius 3 is 2.19 bits per heavy atom. The van der Waals surface area contributed by atoms with Crippen LogP contribution in [-0.4, -0.2) is 0 Å². The number of rotatable bonds is 6. The Hall–Kier alpha value is -1.30. The van der Waals surface area contributed by atoms with Gasteiger partial charge < -0.3 is 0 Å². The fraction of sp³-hybridized carbons (Fsp3) is 0.375. The Balaban J connectivity index is 4.58. The lowest BCUT2D eigenvalue weighted by atomic mass is 10.0. The van der Waals surface area contributed by atoms with Gasteiger partial charge in [-0.05, 0) is 39.2 Å². The van der Waals surface area contributed by atoms with Crippen molar-refractivity contribution in [2.45, 2.75) is 40.5 Å². The van der Waals surface area contributed by atoms with E-state index in [9.17, 15) is 0 Å². The fourth-order valence-corrected chi connectivity index (χ4v) is 1.32. The van der Waals surface area contributed by atoms with Crippen LogP contribution in [-0.2, 0) is 0 Å². The van der Waals surface area contributed by atoms with Gasteiger partial charge in [-0.1, -0.05) is 61.1 Å². The highest BCUT2D eigenvalue weighted by Gasteiger charge is 1.93. The SMILES string of the molecule is C=C/C=C(\C=C/C)C/C(C)=C/C=C(\C)CC. The summed E-state index contributed by atoms with van der Waals surface area (Å²) in [5.74, 6) is 0. The van der Waals surface area contributed by atoms with Gasteiger partial charge in [0.2, 0.25) is 0 Å². The first kappa shape index (κ1) is 14.7. The molecule has 0 heterocycles. The molecule has 0 aliphatic heterocycles. The molecule has 0 spiro atoms. The highest BCUT2D eigenvalue weighted by Crippen LogP contribution is 2.13. The Bertz CT molecular complexity index is 322. The van der Waals surface area contributed by atoms with Gasteiger partial charge >= 0.3 is 0 Å². The molecule has 0 heteroatoms. The van der Waals surface area contributed by atoms with Gasteiger partial charge in [-0.2, -0.15) is 0 Å². The van der Waals surface area contributed by atoms with E-state index in [-0.39, 0.29) is 0 Å². The van der Waals surface area contributed by atoms with Crippen molar-refractivity contribution in [3.63, 3.8) is 0 Å². The van der Waals surface area contributed by atoms with E-state index in [1.54, 1.807) is 0 Å². The maximum absolute atomic E-state index is 3.74. The van der Waals surface area contributed by atoms with Gasteiger partial charge in [0, 0.05) is 0 Å². The molecule has 0 N–H and O–H groups in total. The Labute approximate surface area is 101 Å². The van der Waals surface area contributed by atoms with Gasteiger partial charge in [0.25, 0.3) is 0 Å². The highest BCUT2D eigenvalue weighted by molar-refractivity contribution is 5.29. The van der Waals surface area contributed by atoms with E-state index in [4.69, 9.17) is 0 Å². The number of allylic oxidation sites excluding steroid dienone is 9. The molecule has 16 heavy (non-hydrogen) atoms. The van der Waals surface area contributed by atoms with Crippen molar-refractivity contribution in [2.75, 3.05) is 0 Å². The summed E-state index contributed by atoms with van der Waals surface area (Å²) in [6, 6.07) is 0. The van der Waals surface area contributed by atoms with Crippen LogP contribution in [0.2, 0.25) is 0 Å². The highest BCUT2D eigenvalue weighted by atomic mass is 14.0. The summed E-state index contributed by atoms with van der Waals surface area (Å²) in [6.07, 6.45) is 14.6. The van der Waals surface area contributed by atoms with Gasteiger partial charge in [0.05, 0.1) is 0 Å². The maximum atomic E-state index is 3.74. The van der Waals surface area contributed by atoms with Crippen LogP contribution in [0.1, 0.15) is 40.5 Å². The lowest BCUT2D eigenvalue weighted by Crippen LogP contribution is -1.81. The molecule has 0 radical (unpaired) electrons. The van der Waals surface area contributed by atoms with Crippen LogP contribution in [0.4, 0.5) is 0 Å². The molecule has 0 aliphatic rings. The maximum Gasteiger partial charge on any atom is -0.00669 e. The quantitative estimate of drug-likeness (QED) is 0.524. The monoisotopic (exact) mass is 216 g/mol. The molecule has 0 saturated carbocycles. The molecule has 0 aromatic carbocycles. The molecule has 0 aliphatic carbocycles. The summed E-state index contributed by atoms with van der Waals surface area (Å²) in [4.78, 5) is 0. The normalized spacial score (nSPS) is 14.6. The Kier molecular flexibility index (Phi) is 8.24. The largest absolute Gasteiger partial charge is 0.0991 e. The van der Waals surface area contributed by atoms with E-state index in [2.05, 4.69) is 57.7 Å². The lowest BCUT2D eigenvalue weighted by Gasteiger charge is -2.01. The molecule has 0 atom stereocenters. The molecule has 0 aromatic heterocycles. The zero-order valence-corrected chi connectivity index (χ0v) is 11.1. The molecule has 0 nitrogen and oxygen atoms in total. The molecule has 88 valence electrons. The van der Waals surface area contributed by atoms with Crippen molar-refractivity contribution in [1.29, 1.82) is 0 Å². The Morgan fingerprint density at radius 2 is 1.69 bits per heavy atom. The topological polar surface area (TPSA) is 0 Å². The minimum Gasteiger partial charge on any atom is -0.0991 e. The van der Waals surface area contributed by atoms with Crippen molar-refractivity contribution in [3.05, 3.63) is 59.8 Å². The molecule has 0 fully saturated rings. The summed E-state index contributed by atoms with van der Waals surface area (Å²) in [6.45, 7) is 12.3. The third kappa shape index (κ3) is 7.05. The van der Waals surface area contributed by atoms with Gasteiger partial charge in [-0.25, -0.2) is 0 Å². The van der Waals surface area contributed by atoms with Crippen molar-refractivity contribution < 1.29 is 0 Å². The van der Waals surface area contributed by atoms with Crippen LogP contribution in [0, 0.1) is 0 Å². The van der Waals surface area contributed by atoms with E-state index in [0.29, 0.717) is 0 Å². The molecular formula is C16H24. The lowest BCUT2D eigenvalue weighted by molar-refractivity contribution is 1.09. The van der Waals surface area contributed by atoms with Crippen LogP contribution >= 0.6 is 0 Å². The van der Waals surface area contributed by atoms with Crippen molar-refractivity contribution >= 4 is 0 Å². The van der Waals surface area contributed by atoms with Gasteiger partial charge in [-0.15, -0.1) is 0 Å². The predicted molar refractivity (Wildman–Crippen MR) is 75.5 cm³/mol. The molecule has 0 amide bonds. The second-order valence-electron chi connectivity index (χ2n) is 4.03. The molecule has 0 saturated heterocycles. The predicted octanol–water partition coefficient (Wildman–Crippen LogP) is 5.37. The molecule has 0 rings (SSSR count). The first-order valence-electron chi connectivity index (χ1n) is 5.91. The molecular weight excluding hydrogens is 192 g/mol. The van der Waals surface area contributed by atoms with Crippen molar-refractivity contribution in [2.24, 2.45) is 0 Å². The van der Waals surface area contributed by atoms with Crippen LogP contribution in [0.5, 0.6) is 0 Å². The summed E-state index contributed by atoms with van der Waals surface area (Å²) in [5.41, 5.74) is 4.09. The van der Waals surface area contributed by atoms with Gasteiger partial charge in [0.1, 0.15) is 0 Å². The molecule has 0 bridgehead atoms. The van der Waals surface area contributed by atoms with Crippen molar-refractivity contribution in [3.8, 4) is 0 Å². The Morgan fingerprint density at radius 1 is 1.06 bits per heavy atom. The summed E-state index contributed by atoms with van der Waals surface area (Å²) in [7, 11) is 0. The van der Waals surface area contributed by atoms with Crippen molar-refractivity contribution in [1.82, 2.24) is 0 Å². The average Bonchev–Trinajstić information content (AvgIpc) is 2.26. The molecule has 0 aromatic rings. The third-order valence-corrected chi connectivity index (χ3v) is 2.41. The summed E-state index contributed by atoms with van der Waals surface area (Å²) < 4.78 is 0. The zero-order valence-electron chi connectivity index (χ0n) is 11.1. The molecule has 0 unspecified atom stereocenters. The van der Waals surface area contributed by atoms with Crippen LogP contribution in [0.3, 0.4) is 0 Å². The minimum absolute atomic E-state index is 0.990. The third-order valence-electron chi connectivity index (χ3n) is 2.41. The van der Waals surface area contributed by atoms with Crippen LogP contribution in [0.25, 0.3) is 0 Å². The zero-order chi connectivity index (χ0) is 12.4. The van der Waals surface area contributed by atoms with E-state index in [1.807, 2.05) is 13.0 Å². The fourth-order valence-electron chi connectivity index (χ4n) is 1.32. The second kappa shape index (κ2) is 8.96. The second-order valence-corrected chi connectivity index (χ2v) is 4.03. The first-order valence-corrected chi connectivity index (χ1v) is 5.91. The standard InChI is InChI=1S/C16H24/c1-6-9-16(10-7-2)13-15(5)12-11-14(4)8-3/h6-7,9-12H,1,8,13H2,2-5H3/b10-7-,14-11+,15-12+,16-9+. The summed E-state index contributed by atoms with van der Waals surface area (Å²) in [5, 5.41) is 0. The van der Waals surface area contributed by atoms with Gasteiger partial charge in [0.15, 0.2) is 0 Å². The van der Waals surface area contributed by atoms with E-state index in [0.717, 1.165) is 12.8 Å². The van der Waals surface area contributed by atoms with E-state index in [1.165, 1.54) is 16.7 Å². The first-order chi connectivity index (χ1) is 7.63. The van der Waals surface area contributed by atoms with Crippen LogP contribution in [0.15, 0.2) is 59.8 Å². The number of hydrogen-bond donors (Lipinski definition) is 0.